The van der Waals surface area contributed by atoms with Gasteiger partial charge in [-0.05, 0) is 144 Å². The molecule has 10 rings (SSSR count). The molecule has 22 nitrogen and oxygen atoms in total. The number of hydrogen-bond acceptors (Lipinski definition) is 17. The molecular formula is C79H100Cl3N5O17Si2. The number of hydrogen-bond donors (Lipinski definition) is 1. The minimum absolute atomic E-state index is 0.000282. The van der Waals surface area contributed by atoms with E-state index in [9.17, 15) is 14.4 Å². The molecule has 0 radical (unpaired) electrons. The first-order valence-corrected chi connectivity index (χ1v) is 42.9. The first kappa shape index (κ1) is 80.7. The molecule has 1 N–H and O–H groups in total. The van der Waals surface area contributed by atoms with Gasteiger partial charge < -0.3 is 61.9 Å². The van der Waals surface area contributed by atoms with E-state index in [1.807, 2.05) is 55.3 Å². The number of nitrogens with one attached hydrogen (secondary N) is 1. The molecule has 1 saturated heterocycles. The minimum atomic E-state index is -2.85. The topological polar surface area (TPSA) is 237 Å². The number of alkyl halides is 3. The second-order valence-electron chi connectivity index (χ2n) is 31.6. The van der Waals surface area contributed by atoms with E-state index in [1.54, 1.807) is 61.4 Å². The van der Waals surface area contributed by atoms with Crippen LogP contribution in [0.2, 0.25) is 36.3 Å². The van der Waals surface area contributed by atoms with Crippen molar-refractivity contribution in [3.05, 3.63) is 132 Å². The summed E-state index contributed by atoms with van der Waals surface area (Å²) < 4.78 is 60.5. The molecule has 5 aromatic carbocycles. The molecule has 4 heterocycles. The Morgan fingerprint density at radius 3 is 1.75 bits per heavy atom. The third-order valence-corrected chi connectivity index (χ3v) is 30.9. The van der Waals surface area contributed by atoms with Gasteiger partial charge in [0, 0.05) is 37.7 Å². The van der Waals surface area contributed by atoms with Crippen LogP contribution in [0.25, 0.3) is 16.3 Å². The SMILES string of the molecule is C=CCOC(=O)C[C@H](C(=O)N[C@@H](C)C(=O)Cc1ccc(COC(=O)N2c3cc(OCCCOc4cc5c(cc4OC)C(=O)N4C=C(c6ccc7cc(OC)ccc7c6)C[C@H]4C(O[Si](C)(C)C(C)(C)C)N5C(=O)OCC(Cl)(Cl)Cl)c(OC)cc3C(=O)N3CC4(CC4)C[C@H]3C2O[Si](C)(C)C(C)(C)C)cc1)C(C)C. The van der Waals surface area contributed by atoms with Crippen molar-refractivity contribution in [2.45, 2.75) is 185 Å². The highest BCUT2D eigenvalue weighted by Gasteiger charge is 2.60. The van der Waals surface area contributed by atoms with Gasteiger partial charge in [0.2, 0.25) is 9.70 Å². The normalized spacial score (nSPS) is 19.0. The highest BCUT2D eigenvalue weighted by Crippen LogP contribution is 2.58. The van der Waals surface area contributed by atoms with E-state index in [4.69, 9.17) is 81.5 Å². The molecule has 4 aliphatic heterocycles. The Morgan fingerprint density at radius 2 is 1.22 bits per heavy atom. The van der Waals surface area contributed by atoms with Crippen molar-refractivity contribution < 1.29 is 80.3 Å². The maximum Gasteiger partial charge on any atom is 0.416 e. The predicted octanol–water partition coefficient (Wildman–Crippen LogP) is 16.2. The number of methoxy groups -OCH3 is 3. The summed E-state index contributed by atoms with van der Waals surface area (Å²) in [6, 6.07) is 23.1. The van der Waals surface area contributed by atoms with E-state index >= 15 is 19.2 Å². The number of rotatable bonds is 27. The standard InChI is InChI=1S/C79H100Cl3N5O17Si2/c1-18-30-100-68(89)39-56(47(2)3)69(90)83-48(4)63(88)33-49-20-22-50(23-21-49)44-101-74(93)87-60-41-67(65(97-13)38-58(60)71(92)85-45-78(28-29-78)42-62(85)73(87)104-106(16,17)77(8,9)10)99-32-19-31-98-66-40-59-57(37-64(66)96-12)70(91)84-43-54(52-24-25-53-35-55(95-11)27-26-51(53)34-52)36-61(84)72(103-105(14,15)76(5,6)7)86(59)75(94)102-46-79(80,81)82/h18,20-27,34-35,37-38,40-41,43,47-48,56,61-62,72-73H,1,19,28-33,36,39,42,44-46H2,2-17H3,(H,83,90)/t48-,56-,61-,62-,72?,73?/m0/s1. The van der Waals surface area contributed by atoms with Gasteiger partial charge in [0.1, 0.15) is 25.6 Å². The monoisotopic (exact) mass is 1550 g/mol. The van der Waals surface area contributed by atoms with Crippen LogP contribution in [0.1, 0.15) is 138 Å². The molecule has 572 valence electrons. The van der Waals surface area contributed by atoms with Crippen molar-refractivity contribution in [3.63, 3.8) is 0 Å². The summed E-state index contributed by atoms with van der Waals surface area (Å²) in [6.07, 6.45) is 2.27. The maximum absolute atomic E-state index is 15.4. The zero-order chi connectivity index (χ0) is 77.3. The van der Waals surface area contributed by atoms with Crippen LogP contribution in [0.5, 0.6) is 28.7 Å². The predicted molar refractivity (Wildman–Crippen MR) is 414 cm³/mol. The molecule has 1 spiro atoms. The lowest BCUT2D eigenvalue weighted by molar-refractivity contribution is -0.146. The number of fused-ring (bicyclic) bond motifs is 5. The Balaban J connectivity index is 0.918. The summed E-state index contributed by atoms with van der Waals surface area (Å²) in [5, 5.41) is 4.02. The number of nitrogens with zero attached hydrogens (tertiary/aromatic N) is 4. The number of ether oxygens (including phenoxy) is 8. The number of amides is 5. The molecule has 106 heavy (non-hydrogen) atoms. The van der Waals surface area contributed by atoms with E-state index in [0.717, 1.165) is 40.5 Å². The Bertz CT molecular complexity index is 4200. The van der Waals surface area contributed by atoms with E-state index in [0.29, 0.717) is 24.1 Å². The van der Waals surface area contributed by atoms with Gasteiger partial charge in [-0.3, -0.25) is 24.0 Å². The van der Waals surface area contributed by atoms with E-state index < -0.39 is 93.5 Å². The van der Waals surface area contributed by atoms with Gasteiger partial charge in [0.15, 0.2) is 57.9 Å². The van der Waals surface area contributed by atoms with Crippen molar-refractivity contribution in [2.75, 3.05) is 64.1 Å². The van der Waals surface area contributed by atoms with E-state index in [-0.39, 0.29) is 131 Å². The summed E-state index contributed by atoms with van der Waals surface area (Å²) in [4.78, 5) is 107. The molecule has 5 aromatic rings. The average Bonchev–Trinajstić information content (AvgIpc) is 1.56. The Hall–Kier alpha value is -7.85. The van der Waals surface area contributed by atoms with Gasteiger partial charge in [-0.2, -0.15) is 0 Å². The molecule has 2 fully saturated rings. The van der Waals surface area contributed by atoms with Crippen LogP contribution in [0.4, 0.5) is 21.0 Å². The smallest absolute Gasteiger partial charge is 0.416 e. The van der Waals surface area contributed by atoms with E-state index in [1.165, 1.54) is 36.2 Å². The average molecular weight is 1550 g/mol. The van der Waals surface area contributed by atoms with Gasteiger partial charge in [0.25, 0.3) is 11.8 Å². The van der Waals surface area contributed by atoms with Gasteiger partial charge in [-0.25, -0.2) is 19.4 Å². The molecule has 0 bridgehead atoms. The number of ketones is 1. The fraction of sp³-hybridized carbons (Fsp3) is 0.506. The zero-order valence-corrected chi connectivity index (χ0v) is 67.8. The van der Waals surface area contributed by atoms with Gasteiger partial charge >= 0.3 is 18.2 Å². The third kappa shape index (κ3) is 18.0. The molecule has 6 atom stereocenters. The highest BCUT2D eigenvalue weighted by molar-refractivity contribution is 6.74. The van der Waals surface area contributed by atoms with Crippen molar-refractivity contribution in [1.29, 1.82) is 0 Å². The third-order valence-electron chi connectivity index (χ3n) is 21.7. The number of Topliss-reactive ketones (excluding diaryl/α,β-unsaturated/α-hetero) is 1. The van der Waals surface area contributed by atoms with Gasteiger partial charge in [0.05, 0.1) is 87.5 Å². The summed E-state index contributed by atoms with van der Waals surface area (Å²) in [7, 11) is -1.08. The first-order chi connectivity index (χ1) is 49.8. The summed E-state index contributed by atoms with van der Waals surface area (Å²) in [5.41, 5.74) is 3.44. The fourth-order valence-corrected chi connectivity index (χ4v) is 15.8. The zero-order valence-electron chi connectivity index (χ0n) is 63.5. The fourth-order valence-electron chi connectivity index (χ4n) is 13.2. The number of carbonyl (C=O) groups is 7. The lowest BCUT2D eigenvalue weighted by Crippen LogP contribution is -2.58. The van der Waals surface area contributed by atoms with Crippen LogP contribution in [0.15, 0.2) is 104 Å². The minimum Gasteiger partial charge on any atom is -0.497 e. The molecule has 5 aliphatic rings. The van der Waals surface area contributed by atoms with Crippen LogP contribution in [-0.4, -0.2) is 157 Å². The number of esters is 1. The number of anilines is 2. The van der Waals surface area contributed by atoms with Crippen LogP contribution in [0, 0.1) is 17.3 Å². The molecule has 1 aliphatic carbocycles. The molecule has 1 saturated carbocycles. The second-order valence-corrected chi connectivity index (χ2v) is 43.6. The molecule has 0 aromatic heterocycles. The Labute approximate surface area is 638 Å². The maximum atomic E-state index is 15.4. The van der Waals surface area contributed by atoms with Crippen LogP contribution >= 0.6 is 34.8 Å². The lowest BCUT2D eigenvalue weighted by Gasteiger charge is -2.44. The quantitative estimate of drug-likeness (QED) is 0.0128. The van der Waals surface area contributed by atoms with Gasteiger partial charge in [-0.1, -0.05) is 145 Å². The number of carbonyl (C=O) groups excluding carboxylic acids is 7. The molecular weight excluding hydrogens is 1450 g/mol. The molecule has 2 unspecified atom stereocenters. The van der Waals surface area contributed by atoms with Crippen molar-refractivity contribution >= 4 is 121 Å². The van der Waals surface area contributed by atoms with Crippen LogP contribution in [-0.2, 0) is 50.5 Å². The number of benzene rings is 5. The van der Waals surface area contributed by atoms with Crippen molar-refractivity contribution in [3.8, 4) is 28.7 Å². The van der Waals surface area contributed by atoms with Crippen molar-refractivity contribution in [2.24, 2.45) is 17.3 Å². The Morgan fingerprint density at radius 1 is 0.670 bits per heavy atom. The molecule has 5 amide bonds. The van der Waals surface area contributed by atoms with Crippen LogP contribution < -0.4 is 38.8 Å². The summed E-state index contributed by atoms with van der Waals surface area (Å²) in [5.74, 6) is -1.34. The summed E-state index contributed by atoms with van der Waals surface area (Å²) in [6.45, 7) is 29.5. The Kier molecular flexibility index (Phi) is 24.5. The summed E-state index contributed by atoms with van der Waals surface area (Å²) >= 11 is 18.7. The lowest BCUT2D eigenvalue weighted by atomic mass is 9.91. The highest BCUT2D eigenvalue weighted by atomic mass is 35.6. The largest absolute Gasteiger partial charge is 0.497 e. The van der Waals surface area contributed by atoms with Gasteiger partial charge in [-0.15, -0.1) is 0 Å². The second kappa shape index (κ2) is 32.1. The van der Waals surface area contributed by atoms with Crippen LogP contribution in [0.3, 0.4) is 0 Å². The van der Waals surface area contributed by atoms with E-state index in [2.05, 4.69) is 85.7 Å². The number of halogens is 3. The van der Waals surface area contributed by atoms with Crippen molar-refractivity contribution in [1.82, 2.24) is 15.1 Å². The molecule has 27 heteroatoms. The first-order valence-electron chi connectivity index (χ1n) is 35.9.